The molecule has 0 spiro atoms. The van der Waals surface area contributed by atoms with Gasteiger partial charge in [0.2, 0.25) is 0 Å². The number of benzene rings is 1. The van der Waals surface area contributed by atoms with Crippen LogP contribution >= 0.6 is 12.4 Å². The van der Waals surface area contributed by atoms with Crippen LogP contribution in [0.2, 0.25) is 0 Å². The molecule has 0 radical (unpaired) electrons. The Hall–Kier alpha value is -2.22. The van der Waals surface area contributed by atoms with Crippen molar-refractivity contribution >= 4 is 30.2 Å². The summed E-state index contributed by atoms with van der Waals surface area (Å²) in [6, 6.07) is 5.35. The van der Waals surface area contributed by atoms with Gasteiger partial charge in [-0.25, -0.2) is 9.69 Å². The lowest BCUT2D eigenvalue weighted by atomic mass is 9.44. The lowest BCUT2D eigenvalue weighted by molar-refractivity contribution is -0.192. The molecule has 3 N–H and O–H groups in total. The number of hydrogen-bond acceptors (Lipinski definition) is 6. The summed E-state index contributed by atoms with van der Waals surface area (Å²) >= 11 is 0. The molecule has 8 atom stereocenters. The topological polar surface area (TPSA) is 110 Å². The maximum Gasteiger partial charge on any atom is 0.417 e. The Morgan fingerprint density at radius 2 is 1.97 bits per heavy atom. The Kier molecular flexibility index (Phi) is 7.39. The third-order valence-electron chi connectivity index (χ3n) is 11.0. The molecule has 0 aromatic heterocycles. The Bertz CT molecular complexity index is 1170. The van der Waals surface area contributed by atoms with E-state index in [9.17, 15) is 19.5 Å². The molecule has 8 heteroatoms. The number of imide groups is 1. The summed E-state index contributed by atoms with van der Waals surface area (Å²) in [7, 11) is 0. The van der Waals surface area contributed by atoms with E-state index < -0.39 is 35.0 Å². The van der Waals surface area contributed by atoms with Gasteiger partial charge in [-0.2, -0.15) is 0 Å². The van der Waals surface area contributed by atoms with E-state index >= 15 is 0 Å². The molecule has 7 nitrogen and oxygen atoms in total. The molecule has 208 valence electrons. The normalized spacial score (nSPS) is 39.9. The van der Waals surface area contributed by atoms with E-state index in [0.29, 0.717) is 18.4 Å². The number of nitrogens with zero attached hydrogens (tertiary/aromatic N) is 1. The largest absolute Gasteiger partial charge is 0.445 e. The van der Waals surface area contributed by atoms with Gasteiger partial charge in [0.15, 0.2) is 0 Å². The number of nitrogens with two attached hydrogens (primary N) is 1. The van der Waals surface area contributed by atoms with Crippen molar-refractivity contribution in [3.05, 3.63) is 47.5 Å². The van der Waals surface area contributed by atoms with Crippen LogP contribution < -0.4 is 5.73 Å². The number of carbonyl (C=O) groups is 3. The number of Topliss-reactive ketones (excluding diaryl/α,β-unsaturated/α-hetero) is 1. The molecule has 4 aliphatic rings. The zero-order chi connectivity index (χ0) is 26.9. The highest BCUT2D eigenvalue weighted by Crippen LogP contribution is 2.68. The summed E-state index contributed by atoms with van der Waals surface area (Å²) in [5.41, 5.74) is 6.24. The maximum atomic E-state index is 13.7. The molecule has 0 saturated heterocycles. The van der Waals surface area contributed by atoms with Crippen LogP contribution in [0.25, 0.3) is 0 Å². The molecule has 1 heterocycles. The SMILES string of the molecule is C=C[C@]1(C)C[C@@H](OC(=O)N2Cc3c(CN)cccc3C2=O)[C@@]2(C)C3C(=O)CC[C@@]3(CC[C@H]2C)[C@@H](C)[C@@H]1O.Cl. The highest BCUT2D eigenvalue weighted by atomic mass is 35.5. The summed E-state index contributed by atoms with van der Waals surface area (Å²) in [5, 5.41) is 11.7. The summed E-state index contributed by atoms with van der Waals surface area (Å²) in [5.74, 6) is -0.476. The zero-order valence-electron chi connectivity index (χ0n) is 22.9. The van der Waals surface area contributed by atoms with E-state index in [0.717, 1.165) is 35.3 Å². The molecule has 5 rings (SSSR count). The summed E-state index contributed by atoms with van der Waals surface area (Å²) < 4.78 is 6.30. The summed E-state index contributed by atoms with van der Waals surface area (Å²) in [6.07, 6.45) is 2.98. The number of hydrogen-bond donors (Lipinski definition) is 2. The Morgan fingerprint density at radius 3 is 2.63 bits per heavy atom. The second-order valence-electron chi connectivity index (χ2n) is 12.5. The molecule has 1 aromatic rings. The molecule has 1 unspecified atom stereocenters. The predicted octanol–water partition coefficient (Wildman–Crippen LogP) is 5.02. The molecular weight excluding hydrogens is 504 g/mol. The van der Waals surface area contributed by atoms with E-state index in [1.807, 2.05) is 13.0 Å². The first-order chi connectivity index (χ1) is 17.4. The number of aliphatic hydroxyl groups is 1. The van der Waals surface area contributed by atoms with Gasteiger partial charge < -0.3 is 15.6 Å². The second kappa shape index (κ2) is 9.76. The first-order valence-corrected chi connectivity index (χ1v) is 13.6. The Balaban J connectivity index is 0.00000336. The lowest BCUT2D eigenvalue weighted by Gasteiger charge is -2.61. The van der Waals surface area contributed by atoms with Gasteiger partial charge in [-0.1, -0.05) is 45.9 Å². The third kappa shape index (κ3) is 3.80. The molecule has 2 bridgehead atoms. The van der Waals surface area contributed by atoms with Crippen molar-refractivity contribution in [1.82, 2.24) is 4.90 Å². The van der Waals surface area contributed by atoms with Crippen molar-refractivity contribution in [2.45, 2.75) is 85.1 Å². The van der Waals surface area contributed by atoms with Crippen molar-refractivity contribution in [3.8, 4) is 0 Å². The van der Waals surface area contributed by atoms with Crippen LogP contribution in [0.15, 0.2) is 30.9 Å². The monoisotopic (exact) mass is 544 g/mol. The van der Waals surface area contributed by atoms with Gasteiger partial charge in [-0.3, -0.25) is 9.59 Å². The van der Waals surface area contributed by atoms with Gasteiger partial charge in [0.1, 0.15) is 11.9 Å². The molecular formula is C30H41ClN2O5. The molecule has 3 saturated carbocycles. The van der Waals surface area contributed by atoms with Crippen LogP contribution in [-0.2, 0) is 22.6 Å². The van der Waals surface area contributed by atoms with Gasteiger partial charge in [-0.15, -0.1) is 19.0 Å². The van der Waals surface area contributed by atoms with Crippen molar-refractivity contribution in [1.29, 1.82) is 0 Å². The van der Waals surface area contributed by atoms with Crippen LogP contribution in [0, 0.1) is 34.0 Å². The third-order valence-corrected chi connectivity index (χ3v) is 11.0. The number of carbonyl (C=O) groups excluding carboxylic acids is 3. The second-order valence-corrected chi connectivity index (χ2v) is 12.5. The predicted molar refractivity (Wildman–Crippen MR) is 146 cm³/mol. The average molecular weight is 545 g/mol. The molecule has 1 aromatic carbocycles. The minimum absolute atomic E-state index is 0. The highest BCUT2D eigenvalue weighted by Gasteiger charge is 2.68. The number of rotatable bonds is 3. The molecule has 2 amide bonds. The number of ketones is 1. The number of ether oxygens (including phenoxy) is 1. The standard InChI is InChI=1S/C30H40N2O5.ClH/c1-6-28(4)14-23(37-27(36)32-16-21-19(15-31)8-7-9-20(21)26(32)35)29(5)17(2)10-12-30(18(3)25(28)34)13-11-22(33)24(29)30;/h6-9,17-18,23-25,34H,1,10-16,31H2,2-5H3;1H/t17-,18+,23-,24?,25+,28-,29+,30+;/m1./s1. The lowest BCUT2D eigenvalue weighted by Crippen LogP contribution is -2.63. The van der Waals surface area contributed by atoms with Gasteiger partial charge in [0.25, 0.3) is 5.91 Å². The first-order valence-electron chi connectivity index (χ1n) is 13.6. The summed E-state index contributed by atoms with van der Waals surface area (Å²) in [4.78, 5) is 41.6. The number of fused-ring (bicyclic) bond motifs is 1. The fourth-order valence-corrected chi connectivity index (χ4v) is 8.42. The van der Waals surface area contributed by atoms with Gasteiger partial charge >= 0.3 is 6.09 Å². The van der Waals surface area contributed by atoms with Crippen molar-refractivity contribution in [3.63, 3.8) is 0 Å². The minimum atomic E-state index is -0.734. The van der Waals surface area contributed by atoms with Gasteiger partial charge in [-0.05, 0) is 60.1 Å². The minimum Gasteiger partial charge on any atom is -0.445 e. The summed E-state index contributed by atoms with van der Waals surface area (Å²) in [6.45, 7) is 12.7. The van der Waals surface area contributed by atoms with Crippen LogP contribution in [0.5, 0.6) is 0 Å². The fraction of sp³-hybridized carbons (Fsp3) is 0.633. The first kappa shape index (κ1) is 28.8. The Labute approximate surface area is 231 Å². The number of amides is 2. The van der Waals surface area contributed by atoms with Gasteiger partial charge in [0, 0.05) is 35.3 Å². The highest BCUT2D eigenvalue weighted by molar-refractivity contribution is 6.06. The van der Waals surface area contributed by atoms with Crippen molar-refractivity contribution in [2.24, 2.45) is 39.7 Å². The van der Waals surface area contributed by atoms with Crippen molar-refractivity contribution < 1.29 is 24.2 Å². The van der Waals surface area contributed by atoms with E-state index in [1.165, 1.54) is 0 Å². The number of halogens is 1. The molecule has 38 heavy (non-hydrogen) atoms. The number of aliphatic hydroxyl groups excluding tert-OH is 1. The van der Waals surface area contributed by atoms with Crippen LogP contribution in [0.1, 0.15) is 81.3 Å². The zero-order valence-corrected chi connectivity index (χ0v) is 23.7. The van der Waals surface area contributed by atoms with E-state index in [1.54, 1.807) is 18.2 Å². The van der Waals surface area contributed by atoms with Crippen LogP contribution in [-0.4, -0.2) is 40.0 Å². The van der Waals surface area contributed by atoms with Crippen LogP contribution in [0.4, 0.5) is 4.79 Å². The maximum absolute atomic E-state index is 13.7. The molecule has 3 fully saturated rings. The fourth-order valence-electron chi connectivity index (χ4n) is 8.42. The smallest absolute Gasteiger partial charge is 0.417 e. The van der Waals surface area contributed by atoms with Gasteiger partial charge in [0.05, 0.1) is 12.6 Å². The molecule has 1 aliphatic heterocycles. The Morgan fingerprint density at radius 1 is 1.26 bits per heavy atom. The van der Waals surface area contributed by atoms with E-state index in [-0.39, 0.29) is 54.4 Å². The van der Waals surface area contributed by atoms with E-state index in [2.05, 4.69) is 27.4 Å². The van der Waals surface area contributed by atoms with Crippen molar-refractivity contribution in [2.75, 3.05) is 0 Å². The quantitative estimate of drug-likeness (QED) is 0.517. The van der Waals surface area contributed by atoms with E-state index in [4.69, 9.17) is 10.5 Å². The molecule has 3 aliphatic carbocycles. The van der Waals surface area contributed by atoms with Crippen LogP contribution in [0.3, 0.4) is 0 Å². The average Bonchev–Trinajstić information content (AvgIpc) is 3.42.